The third kappa shape index (κ3) is 2.99. The van der Waals surface area contributed by atoms with Crippen molar-refractivity contribution in [2.24, 2.45) is 0 Å². The molecule has 0 amide bonds. The topological polar surface area (TPSA) is 38.2 Å². The Hall–Kier alpha value is -1.46. The van der Waals surface area contributed by atoms with E-state index in [2.05, 4.69) is 51.5 Å². The Labute approximate surface area is 123 Å². The molecule has 0 spiro atoms. The lowest BCUT2D eigenvalue weighted by Crippen LogP contribution is -2.46. The smallest absolute Gasteiger partial charge is 0.205 e. The predicted octanol–water partition coefficient (Wildman–Crippen LogP) is 2.55. The number of anilines is 1. The van der Waals surface area contributed by atoms with Gasteiger partial charge in [-0.15, -0.1) is 0 Å². The van der Waals surface area contributed by atoms with E-state index in [9.17, 15) is 0 Å². The van der Waals surface area contributed by atoms with Gasteiger partial charge in [-0.05, 0) is 12.0 Å². The minimum atomic E-state index is 0.351. The minimum Gasteiger partial charge on any atom is -0.377 e. The fourth-order valence-electron chi connectivity index (χ4n) is 2.47. The number of aromatic nitrogens is 2. The highest BCUT2D eigenvalue weighted by atomic mass is 32.1. The van der Waals surface area contributed by atoms with Gasteiger partial charge in [0, 0.05) is 24.5 Å². The highest BCUT2D eigenvalue weighted by Gasteiger charge is 2.26. The molecule has 0 N–H and O–H groups in total. The molecule has 0 unspecified atom stereocenters. The zero-order valence-corrected chi connectivity index (χ0v) is 12.5. The molecule has 106 valence electrons. The van der Waals surface area contributed by atoms with Crippen LogP contribution in [0.1, 0.15) is 18.3 Å². The molecule has 2 aromatic rings. The van der Waals surface area contributed by atoms with Crippen LogP contribution in [-0.4, -0.2) is 35.2 Å². The standard InChI is InChI=1S/C15H19N3OS/c1-2-14-16-15(20-17-14)18-8-9-19-11-13(18)10-12-6-4-3-5-7-12/h3-7,13H,2,8-11H2,1H3/t13-/m0/s1. The van der Waals surface area contributed by atoms with Gasteiger partial charge in [-0.2, -0.15) is 4.37 Å². The number of aryl methyl sites for hydroxylation is 1. The van der Waals surface area contributed by atoms with E-state index >= 15 is 0 Å². The van der Waals surface area contributed by atoms with Crippen LogP contribution >= 0.6 is 11.5 Å². The Morgan fingerprint density at radius 3 is 2.95 bits per heavy atom. The summed E-state index contributed by atoms with van der Waals surface area (Å²) in [6, 6.07) is 10.9. The number of morpholine rings is 1. The van der Waals surface area contributed by atoms with Crippen molar-refractivity contribution in [3.05, 3.63) is 41.7 Å². The van der Waals surface area contributed by atoms with E-state index in [0.717, 1.165) is 43.6 Å². The summed E-state index contributed by atoms with van der Waals surface area (Å²) in [5.41, 5.74) is 1.34. The first-order valence-corrected chi connectivity index (χ1v) is 7.85. The van der Waals surface area contributed by atoms with Crippen LogP contribution in [-0.2, 0) is 17.6 Å². The highest BCUT2D eigenvalue weighted by Crippen LogP contribution is 2.24. The monoisotopic (exact) mass is 289 g/mol. The molecule has 1 fully saturated rings. The lowest BCUT2D eigenvalue weighted by atomic mass is 10.0. The van der Waals surface area contributed by atoms with Crippen molar-refractivity contribution in [1.29, 1.82) is 0 Å². The second-order valence-corrected chi connectivity index (χ2v) is 5.69. The summed E-state index contributed by atoms with van der Waals surface area (Å²) in [4.78, 5) is 6.98. The first kappa shape index (κ1) is 13.5. The molecule has 3 rings (SSSR count). The molecule has 0 radical (unpaired) electrons. The Bertz CT molecular complexity index is 543. The molecule has 1 atom stereocenters. The summed E-state index contributed by atoms with van der Waals surface area (Å²) in [6.45, 7) is 4.52. The summed E-state index contributed by atoms with van der Waals surface area (Å²) in [7, 11) is 0. The molecule has 1 aliphatic heterocycles. The van der Waals surface area contributed by atoms with Crippen LogP contribution < -0.4 is 4.90 Å². The highest BCUT2D eigenvalue weighted by molar-refractivity contribution is 7.09. The Morgan fingerprint density at radius 2 is 2.20 bits per heavy atom. The van der Waals surface area contributed by atoms with Gasteiger partial charge in [-0.3, -0.25) is 0 Å². The number of ether oxygens (including phenoxy) is 1. The van der Waals surface area contributed by atoms with Gasteiger partial charge in [0.25, 0.3) is 0 Å². The summed E-state index contributed by atoms with van der Waals surface area (Å²) in [6.07, 6.45) is 1.88. The van der Waals surface area contributed by atoms with Gasteiger partial charge < -0.3 is 9.64 Å². The molecule has 1 aliphatic rings. The Morgan fingerprint density at radius 1 is 1.35 bits per heavy atom. The van der Waals surface area contributed by atoms with Crippen molar-refractivity contribution in [2.75, 3.05) is 24.7 Å². The second kappa shape index (κ2) is 6.33. The lowest BCUT2D eigenvalue weighted by Gasteiger charge is -2.35. The number of rotatable bonds is 4. The molecule has 0 bridgehead atoms. The number of hydrogen-bond donors (Lipinski definition) is 0. The summed E-state index contributed by atoms with van der Waals surface area (Å²) in [5, 5.41) is 1.03. The van der Waals surface area contributed by atoms with Gasteiger partial charge in [0.05, 0.1) is 19.3 Å². The quantitative estimate of drug-likeness (QED) is 0.867. The van der Waals surface area contributed by atoms with Crippen LogP contribution in [0.25, 0.3) is 0 Å². The Kier molecular flexibility index (Phi) is 4.28. The zero-order chi connectivity index (χ0) is 13.8. The maximum Gasteiger partial charge on any atom is 0.205 e. The number of benzene rings is 1. The number of nitrogens with zero attached hydrogens (tertiary/aromatic N) is 3. The fraction of sp³-hybridized carbons (Fsp3) is 0.467. The third-order valence-electron chi connectivity index (χ3n) is 3.56. The van der Waals surface area contributed by atoms with Gasteiger partial charge in [-0.25, -0.2) is 4.98 Å². The van der Waals surface area contributed by atoms with Gasteiger partial charge in [0.2, 0.25) is 5.13 Å². The predicted molar refractivity (Wildman–Crippen MR) is 81.4 cm³/mol. The van der Waals surface area contributed by atoms with Crippen LogP contribution in [0.2, 0.25) is 0 Å². The van der Waals surface area contributed by atoms with Gasteiger partial charge in [0.15, 0.2) is 0 Å². The van der Waals surface area contributed by atoms with Crippen molar-refractivity contribution in [2.45, 2.75) is 25.8 Å². The molecule has 5 heteroatoms. The molecule has 1 aromatic heterocycles. The van der Waals surface area contributed by atoms with Crippen molar-refractivity contribution in [3.63, 3.8) is 0 Å². The largest absolute Gasteiger partial charge is 0.377 e. The van der Waals surface area contributed by atoms with E-state index in [1.165, 1.54) is 17.1 Å². The molecule has 1 saturated heterocycles. The second-order valence-electron chi connectivity index (χ2n) is 4.96. The normalized spacial score (nSPS) is 19.2. The molecule has 0 saturated carbocycles. The fourth-order valence-corrected chi connectivity index (χ4v) is 3.32. The molecular weight excluding hydrogens is 270 g/mol. The van der Waals surface area contributed by atoms with E-state index in [1.807, 2.05) is 0 Å². The number of hydrogen-bond acceptors (Lipinski definition) is 5. The van der Waals surface area contributed by atoms with E-state index < -0.39 is 0 Å². The average Bonchev–Trinajstić information content (AvgIpc) is 2.98. The zero-order valence-electron chi connectivity index (χ0n) is 11.7. The van der Waals surface area contributed by atoms with Crippen LogP contribution in [0.3, 0.4) is 0 Å². The van der Waals surface area contributed by atoms with Crippen molar-refractivity contribution in [1.82, 2.24) is 9.36 Å². The summed E-state index contributed by atoms with van der Waals surface area (Å²) >= 11 is 1.50. The molecule has 0 aliphatic carbocycles. The minimum absolute atomic E-state index is 0.351. The molecule has 20 heavy (non-hydrogen) atoms. The van der Waals surface area contributed by atoms with Crippen LogP contribution in [0.15, 0.2) is 30.3 Å². The first-order chi connectivity index (χ1) is 9.86. The SMILES string of the molecule is CCc1nsc(N2CCOC[C@@H]2Cc2ccccc2)n1. The van der Waals surface area contributed by atoms with E-state index in [-0.39, 0.29) is 0 Å². The Balaban J connectivity index is 1.76. The van der Waals surface area contributed by atoms with E-state index in [0.29, 0.717) is 6.04 Å². The third-order valence-corrected chi connectivity index (χ3v) is 4.35. The molecule has 4 nitrogen and oxygen atoms in total. The lowest BCUT2D eigenvalue weighted by molar-refractivity contribution is 0.0940. The van der Waals surface area contributed by atoms with Gasteiger partial charge in [0.1, 0.15) is 5.82 Å². The molecular formula is C15H19N3OS. The summed E-state index contributed by atoms with van der Waals surface area (Å²) < 4.78 is 10.1. The van der Waals surface area contributed by atoms with Crippen LogP contribution in [0.5, 0.6) is 0 Å². The molecule has 2 heterocycles. The van der Waals surface area contributed by atoms with E-state index in [1.54, 1.807) is 0 Å². The first-order valence-electron chi connectivity index (χ1n) is 7.07. The maximum atomic E-state index is 5.65. The van der Waals surface area contributed by atoms with Crippen molar-refractivity contribution in [3.8, 4) is 0 Å². The molecule has 1 aromatic carbocycles. The van der Waals surface area contributed by atoms with Crippen LogP contribution in [0.4, 0.5) is 5.13 Å². The maximum absolute atomic E-state index is 5.65. The van der Waals surface area contributed by atoms with Crippen LogP contribution in [0, 0.1) is 0 Å². The van der Waals surface area contributed by atoms with Crippen molar-refractivity contribution >= 4 is 16.7 Å². The van der Waals surface area contributed by atoms with Gasteiger partial charge >= 0.3 is 0 Å². The summed E-state index contributed by atoms with van der Waals surface area (Å²) in [5.74, 6) is 0.940. The van der Waals surface area contributed by atoms with Gasteiger partial charge in [-0.1, -0.05) is 37.3 Å². The average molecular weight is 289 g/mol. The van der Waals surface area contributed by atoms with Crippen molar-refractivity contribution < 1.29 is 4.74 Å². The van der Waals surface area contributed by atoms with E-state index in [4.69, 9.17) is 4.74 Å².